The molecule has 0 bridgehead atoms. The molecule has 32 heavy (non-hydrogen) atoms. The minimum atomic E-state index is -0.370. The van der Waals surface area contributed by atoms with E-state index in [0.717, 1.165) is 27.2 Å². The van der Waals surface area contributed by atoms with Gasteiger partial charge in [0.1, 0.15) is 16.1 Å². The molecule has 3 N–H and O–H groups in total. The average molecular weight is 457 g/mol. The highest BCUT2D eigenvalue weighted by molar-refractivity contribution is 7.22. The second-order valence-electron chi connectivity index (χ2n) is 8.33. The van der Waals surface area contributed by atoms with Crippen LogP contribution in [0.15, 0.2) is 36.5 Å². The van der Waals surface area contributed by atoms with Crippen LogP contribution in [-0.4, -0.2) is 37.8 Å². The molecular weight excluding hydrogens is 427 g/mol. The maximum Gasteiger partial charge on any atom is 0.264 e. The number of para-hydroxylation sites is 1. The van der Waals surface area contributed by atoms with Crippen LogP contribution in [0.25, 0.3) is 10.2 Å². The zero-order valence-electron chi connectivity index (χ0n) is 18.6. The van der Waals surface area contributed by atoms with Gasteiger partial charge in [0.2, 0.25) is 0 Å². The Balaban J connectivity index is 1.61. The van der Waals surface area contributed by atoms with Crippen molar-refractivity contribution in [1.29, 1.82) is 0 Å². The van der Waals surface area contributed by atoms with Crippen LogP contribution in [0, 0.1) is 11.8 Å². The number of amides is 1. The Morgan fingerprint density at radius 2 is 2.12 bits per heavy atom. The highest BCUT2D eigenvalue weighted by Crippen LogP contribution is 2.39. The number of nitrogens with one attached hydrogen (secondary N) is 3. The van der Waals surface area contributed by atoms with Crippen LogP contribution >= 0.6 is 11.3 Å². The molecule has 0 saturated heterocycles. The van der Waals surface area contributed by atoms with E-state index in [1.54, 1.807) is 13.2 Å². The lowest BCUT2D eigenvalue weighted by atomic mass is 9.97. The lowest BCUT2D eigenvalue weighted by molar-refractivity contribution is 0.0929. The fourth-order valence-corrected chi connectivity index (χ4v) is 5.10. The Hall–Kier alpha value is -2.87. The zero-order valence-corrected chi connectivity index (χ0v) is 19.4. The summed E-state index contributed by atoms with van der Waals surface area (Å²) in [7, 11) is 1.79. The van der Waals surface area contributed by atoms with Gasteiger partial charge in [0.15, 0.2) is 0 Å². The van der Waals surface area contributed by atoms with Crippen molar-refractivity contribution < 1.29 is 13.9 Å². The first-order valence-corrected chi connectivity index (χ1v) is 11.8. The minimum absolute atomic E-state index is 0.0710. The Labute approximate surface area is 191 Å². The first-order chi connectivity index (χ1) is 15.5. The van der Waals surface area contributed by atoms with Crippen LogP contribution in [0.5, 0.6) is 5.75 Å². The number of carbonyl (C=O) groups excluding carboxylic acids is 1. The van der Waals surface area contributed by atoms with E-state index in [1.165, 1.54) is 11.3 Å². The van der Waals surface area contributed by atoms with Gasteiger partial charge >= 0.3 is 0 Å². The number of fused-ring (bicyclic) bond motifs is 2. The van der Waals surface area contributed by atoms with Gasteiger partial charge in [0.05, 0.1) is 35.4 Å². The van der Waals surface area contributed by atoms with Crippen LogP contribution in [0.2, 0.25) is 0 Å². The smallest absolute Gasteiger partial charge is 0.264 e. The van der Waals surface area contributed by atoms with Crippen LogP contribution in [-0.2, 0) is 0 Å². The van der Waals surface area contributed by atoms with Crippen LogP contribution in [0.1, 0.15) is 41.5 Å². The highest BCUT2D eigenvalue weighted by Gasteiger charge is 2.26. The number of halogens is 1. The molecule has 0 saturated carbocycles. The molecule has 1 unspecified atom stereocenters. The van der Waals surface area contributed by atoms with Crippen molar-refractivity contribution >= 4 is 38.8 Å². The Morgan fingerprint density at radius 3 is 2.88 bits per heavy atom. The number of aromatic nitrogens is 1. The fraction of sp³-hybridized carbons (Fsp3) is 0.417. The van der Waals surface area contributed by atoms with Crippen LogP contribution < -0.4 is 20.7 Å². The second-order valence-corrected chi connectivity index (χ2v) is 9.35. The number of ether oxygens (including phenoxy) is 1. The predicted molar refractivity (Wildman–Crippen MR) is 129 cm³/mol. The summed E-state index contributed by atoms with van der Waals surface area (Å²) in [5.41, 5.74) is 3.30. The molecule has 1 aromatic carbocycles. The van der Waals surface area contributed by atoms with Crippen molar-refractivity contribution in [2.75, 3.05) is 37.5 Å². The Kier molecular flexibility index (Phi) is 6.79. The molecule has 0 radical (unpaired) electrons. The standard InChI is InChI=1S/C24H29FN4O2S/c1-14(2)15(12-25)13-28-18-8-10-27-21-20(26-3)23(32-22(18)21)24(30)29-17-9-11-31-19-7-5-4-6-16(17)19/h4-8,10,14-15,17,26H,9,11-13H2,1-3H3,(H,27,28)(H,29,30)/t15?,17-/m0/s1. The summed E-state index contributed by atoms with van der Waals surface area (Å²) in [5, 5.41) is 9.70. The number of pyridine rings is 1. The number of benzene rings is 1. The molecule has 1 aliphatic heterocycles. The maximum atomic E-state index is 13.4. The normalized spacial score (nSPS) is 16.3. The molecule has 0 aliphatic carbocycles. The third kappa shape index (κ3) is 4.37. The Morgan fingerprint density at radius 1 is 1.31 bits per heavy atom. The van der Waals surface area contributed by atoms with E-state index in [-0.39, 0.29) is 30.5 Å². The minimum Gasteiger partial charge on any atom is -0.493 e. The maximum absolute atomic E-state index is 13.4. The molecule has 3 heterocycles. The molecular formula is C24H29FN4O2S. The number of nitrogens with zero attached hydrogens (tertiary/aromatic N) is 1. The van der Waals surface area contributed by atoms with Gasteiger partial charge in [0, 0.05) is 37.7 Å². The number of hydrogen-bond acceptors (Lipinski definition) is 6. The van der Waals surface area contributed by atoms with Gasteiger partial charge in [0.25, 0.3) is 5.91 Å². The number of alkyl halides is 1. The van der Waals surface area contributed by atoms with E-state index in [1.807, 2.05) is 44.2 Å². The number of carbonyl (C=O) groups is 1. The molecule has 0 fully saturated rings. The van der Waals surface area contributed by atoms with Crippen molar-refractivity contribution in [3.63, 3.8) is 0 Å². The van der Waals surface area contributed by atoms with Crippen LogP contribution in [0.3, 0.4) is 0 Å². The van der Waals surface area contributed by atoms with Gasteiger partial charge in [-0.25, -0.2) is 0 Å². The summed E-state index contributed by atoms with van der Waals surface area (Å²) in [6.07, 6.45) is 2.43. The van der Waals surface area contributed by atoms with E-state index >= 15 is 0 Å². The molecule has 3 aromatic rings. The third-order valence-corrected chi connectivity index (χ3v) is 7.20. The SMILES string of the molecule is CNc1c(C(=O)N[C@H]2CCOc3ccccc32)sc2c(NCC(CF)C(C)C)ccnc12. The summed E-state index contributed by atoms with van der Waals surface area (Å²) in [5.74, 6) is 0.840. The largest absolute Gasteiger partial charge is 0.493 e. The first kappa shape index (κ1) is 22.3. The number of rotatable bonds is 8. The quantitative estimate of drug-likeness (QED) is 0.432. The topological polar surface area (TPSA) is 75.3 Å². The number of hydrogen-bond donors (Lipinski definition) is 3. The zero-order chi connectivity index (χ0) is 22.7. The summed E-state index contributed by atoms with van der Waals surface area (Å²) < 4.78 is 20.0. The molecule has 0 spiro atoms. The van der Waals surface area contributed by atoms with Crippen LogP contribution in [0.4, 0.5) is 15.8 Å². The van der Waals surface area contributed by atoms with E-state index < -0.39 is 0 Å². The van der Waals surface area contributed by atoms with Gasteiger partial charge in [-0.2, -0.15) is 0 Å². The monoisotopic (exact) mass is 456 g/mol. The molecule has 6 nitrogen and oxygen atoms in total. The third-order valence-electron chi connectivity index (χ3n) is 5.99. The van der Waals surface area contributed by atoms with Crippen molar-refractivity contribution in [1.82, 2.24) is 10.3 Å². The van der Waals surface area contributed by atoms with Crippen molar-refractivity contribution in [2.24, 2.45) is 11.8 Å². The van der Waals surface area contributed by atoms with Crippen molar-refractivity contribution in [3.05, 3.63) is 47.0 Å². The number of anilines is 2. The molecule has 170 valence electrons. The van der Waals surface area contributed by atoms with Crippen molar-refractivity contribution in [2.45, 2.75) is 26.3 Å². The molecule has 1 aliphatic rings. The molecule has 2 aromatic heterocycles. The first-order valence-electron chi connectivity index (χ1n) is 10.9. The second kappa shape index (κ2) is 9.73. The molecule has 4 rings (SSSR count). The lowest BCUT2D eigenvalue weighted by Gasteiger charge is -2.26. The lowest BCUT2D eigenvalue weighted by Crippen LogP contribution is -2.32. The molecule has 2 atom stereocenters. The van der Waals surface area contributed by atoms with E-state index in [9.17, 15) is 9.18 Å². The number of thiophene rings is 1. The van der Waals surface area contributed by atoms with Gasteiger partial charge in [-0.15, -0.1) is 11.3 Å². The Bertz CT molecular complexity index is 1100. The fourth-order valence-electron chi connectivity index (χ4n) is 3.95. The predicted octanol–water partition coefficient (Wildman–Crippen LogP) is 5.25. The van der Waals surface area contributed by atoms with E-state index in [0.29, 0.717) is 30.1 Å². The van der Waals surface area contributed by atoms with Crippen molar-refractivity contribution in [3.8, 4) is 5.75 Å². The van der Waals surface area contributed by atoms with Gasteiger partial charge in [-0.3, -0.25) is 14.2 Å². The van der Waals surface area contributed by atoms with Gasteiger partial charge < -0.3 is 20.7 Å². The van der Waals surface area contributed by atoms with E-state index in [2.05, 4.69) is 20.9 Å². The molecule has 8 heteroatoms. The van der Waals surface area contributed by atoms with Gasteiger partial charge in [-0.1, -0.05) is 32.0 Å². The van der Waals surface area contributed by atoms with E-state index in [4.69, 9.17) is 4.74 Å². The van der Waals surface area contributed by atoms with Gasteiger partial charge in [-0.05, 0) is 18.1 Å². The molecule has 1 amide bonds. The average Bonchev–Trinajstić information content (AvgIpc) is 3.19. The summed E-state index contributed by atoms with van der Waals surface area (Å²) in [6, 6.07) is 9.57. The summed E-state index contributed by atoms with van der Waals surface area (Å²) >= 11 is 1.40. The summed E-state index contributed by atoms with van der Waals surface area (Å²) in [6.45, 7) is 4.77. The highest BCUT2D eigenvalue weighted by atomic mass is 32.1. The summed E-state index contributed by atoms with van der Waals surface area (Å²) in [4.78, 5) is 18.4.